The number of hydrogen-bond acceptors (Lipinski definition) is 2. The SMILES string of the molecule is Cc1cccc(C)c1NC(=O)C[NH+](C)CC(=O)N[C@@H](CC(C)C)c1ccccc1. The Balaban J connectivity index is 1.91. The maximum atomic E-state index is 12.6. The minimum Gasteiger partial charge on any atom is -0.344 e. The molecule has 2 amide bonds. The van der Waals surface area contributed by atoms with Crippen LogP contribution in [0.1, 0.15) is 43.0 Å². The van der Waals surface area contributed by atoms with Crippen LogP contribution in [-0.2, 0) is 9.59 Å². The molecule has 0 saturated heterocycles. The third kappa shape index (κ3) is 7.35. The Morgan fingerprint density at radius 2 is 1.48 bits per heavy atom. The second-order valence-electron chi connectivity index (χ2n) is 8.29. The molecule has 156 valence electrons. The highest BCUT2D eigenvalue weighted by atomic mass is 16.2. The molecule has 0 saturated carbocycles. The summed E-state index contributed by atoms with van der Waals surface area (Å²) in [6.45, 7) is 8.74. The molecule has 2 atom stereocenters. The number of nitrogens with one attached hydrogen (secondary N) is 3. The number of rotatable bonds is 9. The van der Waals surface area contributed by atoms with E-state index < -0.39 is 0 Å². The van der Waals surface area contributed by atoms with Crippen molar-refractivity contribution in [1.82, 2.24) is 5.32 Å². The van der Waals surface area contributed by atoms with Gasteiger partial charge in [0.1, 0.15) is 0 Å². The molecule has 0 spiro atoms. The summed E-state index contributed by atoms with van der Waals surface area (Å²) in [7, 11) is 1.86. The van der Waals surface area contributed by atoms with E-state index in [-0.39, 0.29) is 30.9 Å². The lowest BCUT2D eigenvalue weighted by Crippen LogP contribution is -3.11. The molecule has 0 aliphatic heterocycles. The maximum Gasteiger partial charge on any atom is 0.279 e. The molecular formula is C24H34N3O2+. The van der Waals surface area contributed by atoms with E-state index in [0.29, 0.717) is 5.92 Å². The Morgan fingerprint density at radius 3 is 2.07 bits per heavy atom. The molecular weight excluding hydrogens is 362 g/mol. The van der Waals surface area contributed by atoms with E-state index in [4.69, 9.17) is 0 Å². The lowest BCUT2D eigenvalue weighted by Gasteiger charge is -2.22. The first-order valence-corrected chi connectivity index (χ1v) is 10.3. The summed E-state index contributed by atoms with van der Waals surface area (Å²) >= 11 is 0. The van der Waals surface area contributed by atoms with Gasteiger partial charge in [0.2, 0.25) is 0 Å². The highest BCUT2D eigenvalue weighted by molar-refractivity contribution is 5.93. The second kappa shape index (κ2) is 10.8. The Bertz CT molecular complexity index is 798. The van der Waals surface area contributed by atoms with Crippen molar-refractivity contribution in [2.45, 2.75) is 40.2 Å². The van der Waals surface area contributed by atoms with Gasteiger partial charge in [0.25, 0.3) is 11.8 Å². The van der Waals surface area contributed by atoms with Crippen LogP contribution in [-0.4, -0.2) is 32.0 Å². The molecule has 1 unspecified atom stereocenters. The van der Waals surface area contributed by atoms with E-state index in [2.05, 4.69) is 24.5 Å². The van der Waals surface area contributed by atoms with Crippen molar-refractivity contribution in [2.24, 2.45) is 5.92 Å². The number of aryl methyl sites for hydroxylation is 2. The number of quaternary nitrogens is 1. The van der Waals surface area contributed by atoms with E-state index in [9.17, 15) is 9.59 Å². The van der Waals surface area contributed by atoms with Crippen LogP contribution >= 0.6 is 0 Å². The molecule has 3 N–H and O–H groups in total. The third-order valence-corrected chi connectivity index (χ3v) is 4.91. The molecule has 2 aromatic rings. The van der Waals surface area contributed by atoms with Crippen LogP contribution in [0.25, 0.3) is 0 Å². The van der Waals surface area contributed by atoms with Crippen molar-refractivity contribution in [3.05, 3.63) is 65.2 Å². The summed E-state index contributed by atoms with van der Waals surface area (Å²) in [5, 5.41) is 6.13. The number of carbonyl (C=O) groups excluding carboxylic acids is 2. The van der Waals surface area contributed by atoms with E-state index in [1.54, 1.807) is 0 Å². The fourth-order valence-corrected chi connectivity index (χ4v) is 3.49. The van der Waals surface area contributed by atoms with E-state index in [1.165, 1.54) is 0 Å². The molecule has 0 fully saturated rings. The van der Waals surface area contributed by atoms with E-state index in [1.807, 2.05) is 69.4 Å². The van der Waals surface area contributed by atoms with Gasteiger partial charge >= 0.3 is 0 Å². The van der Waals surface area contributed by atoms with Crippen molar-refractivity contribution >= 4 is 17.5 Å². The molecule has 0 aliphatic rings. The van der Waals surface area contributed by atoms with Gasteiger partial charge in [0.15, 0.2) is 13.1 Å². The minimum absolute atomic E-state index is 0.0139. The van der Waals surface area contributed by atoms with Gasteiger partial charge in [-0.2, -0.15) is 0 Å². The fourth-order valence-electron chi connectivity index (χ4n) is 3.49. The molecule has 5 heteroatoms. The molecule has 0 heterocycles. The zero-order valence-electron chi connectivity index (χ0n) is 18.2. The van der Waals surface area contributed by atoms with Gasteiger partial charge in [-0.3, -0.25) is 9.59 Å². The number of amides is 2. The lowest BCUT2D eigenvalue weighted by molar-refractivity contribution is -0.862. The standard InChI is InChI=1S/C24H33N3O2/c1-17(2)14-21(20-12-7-6-8-13-20)25-22(28)15-27(5)16-23(29)26-24-18(3)10-9-11-19(24)4/h6-13,17,21H,14-16H2,1-5H3,(H,25,28)(H,26,29)/p+1/t21-/m0/s1. The monoisotopic (exact) mass is 396 g/mol. The first kappa shape index (κ1) is 22.6. The Morgan fingerprint density at radius 1 is 0.897 bits per heavy atom. The molecule has 0 bridgehead atoms. The van der Waals surface area contributed by atoms with Crippen LogP contribution in [0.2, 0.25) is 0 Å². The van der Waals surface area contributed by atoms with Crippen molar-refractivity contribution in [3.8, 4) is 0 Å². The van der Waals surface area contributed by atoms with Crippen molar-refractivity contribution in [1.29, 1.82) is 0 Å². The van der Waals surface area contributed by atoms with Gasteiger partial charge in [-0.15, -0.1) is 0 Å². The zero-order valence-corrected chi connectivity index (χ0v) is 18.2. The number of hydrogen-bond donors (Lipinski definition) is 3. The average Bonchev–Trinajstić information content (AvgIpc) is 2.64. The summed E-state index contributed by atoms with van der Waals surface area (Å²) in [5.74, 6) is 0.333. The summed E-state index contributed by atoms with van der Waals surface area (Å²) in [4.78, 5) is 25.9. The van der Waals surface area contributed by atoms with Crippen LogP contribution in [0, 0.1) is 19.8 Å². The highest BCUT2D eigenvalue weighted by Gasteiger charge is 2.20. The van der Waals surface area contributed by atoms with Crippen LogP contribution in [0.5, 0.6) is 0 Å². The van der Waals surface area contributed by atoms with E-state index in [0.717, 1.165) is 33.7 Å². The van der Waals surface area contributed by atoms with Gasteiger partial charge in [-0.25, -0.2) is 0 Å². The quantitative estimate of drug-likeness (QED) is 0.610. The Kier molecular flexibility index (Phi) is 8.40. The van der Waals surface area contributed by atoms with Crippen LogP contribution in [0.15, 0.2) is 48.5 Å². The van der Waals surface area contributed by atoms with E-state index >= 15 is 0 Å². The van der Waals surface area contributed by atoms with Crippen LogP contribution in [0.3, 0.4) is 0 Å². The average molecular weight is 397 g/mol. The number of carbonyl (C=O) groups is 2. The number of para-hydroxylation sites is 1. The highest BCUT2D eigenvalue weighted by Crippen LogP contribution is 2.21. The van der Waals surface area contributed by atoms with Crippen molar-refractivity contribution < 1.29 is 14.5 Å². The number of likely N-dealkylation sites (N-methyl/N-ethyl adjacent to an activating group) is 1. The summed E-state index contributed by atoms with van der Waals surface area (Å²) in [5.41, 5.74) is 4.04. The normalized spacial score (nSPS) is 13.0. The fraction of sp³-hybridized carbons (Fsp3) is 0.417. The minimum atomic E-state index is -0.0884. The van der Waals surface area contributed by atoms with Gasteiger partial charge in [0.05, 0.1) is 13.1 Å². The molecule has 2 rings (SSSR count). The molecule has 0 radical (unpaired) electrons. The van der Waals surface area contributed by atoms with Gasteiger partial charge in [-0.1, -0.05) is 62.4 Å². The predicted molar refractivity (Wildman–Crippen MR) is 118 cm³/mol. The molecule has 0 aromatic heterocycles. The molecule has 0 aliphatic carbocycles. The third-order valence-electron chi connectivity index (χ3n) is 4.91. The van der Waals surface area contributed by atoms with Crippen LogP contribution in [0.4, 0.5) is 5.69 Å². The number of anilines is 1. The molecule has 5 nitrogen and oxygen atoms in total. The predicted octanol–water partition coefficient (Wildman–Crippen LogP) is 2.66. The van der Waals surface area contributed by atoms with Crippen molar-refractivity contribution in [3.63, 3.8) is 0 Å². The smallest absolute Gasteiger partial charge is 0.279 e. The Labute approximate surface area is 174 Å². The topological polar surface area (TPSA) is 62.6 Å². The first-order chi connectivity index (χ1) is 13.8. The maximum absolute atomic E-state index is 12.6. The lowest BCUT2D eigenvalue weighted by atomic mass is 9.97. The van der Waals surface area contributed by atoms with Gasteiger partial charge in [0, 0.05) is 5.69 Å². The van der Waals surface area contributed by atoms with Crippen LogP contribution < -0.4 is 15.5 Å². The largest absolute Gasteiger partial charge is 0.344 e. The number of benzene rings is 2. The Hall–Kier alpha value is -2.66. The van der Waals surface area contributed by atoms with Gasteiger partial charge < -0.3 is 15.5 Å². The summed E-state index contributed by atoms with van der Waals surface area (Å²) in [6, 6.07) is 16.0. The zero-order chi connectivity index (χ0) is 21.4. The summed E-state index contributed by atoms with van der Waals surface area (Å²) in [6.07, 6.45) is 0.877. The van der Waals surface area contributed by atoms with Crippen molar-refractivity contribution in [2.75, 3.05) is 25.5 Å². The molecule has 29 heavy (non-hydrogen) atoms. The van der Waals surface area contributed by atoms with Gasteiger partial charge in [-0.05, 0) is 42.9 Å². The molecule has 2 aromatic carbocycles. The second-order valence-corrected chi connectivity index (χ2v) is 8.29. The summed E-state index contributed by atoms with van der Waals surface area (Å²) < 4.78 is 0. The first-order valence-electron chi connectivity index (χ1n) is 10.3.